The first-order chi connectivity index (χ1) is 13.0. The number of imide groups is 1. The van der Waals surface area contributed by atoms with Crippen LogP contribution in [0, 0.1) is 0 Å². The van der Waals surface area contributed by atoms with E-state index >= 15 is 0 Å². The normalized spacial score (nSPS) is 16.1. The summed E-state index contributed by atoms with van der Waals surface area (Å²) >= 11 is 0. The number of fused-ring (bicyclic) bond motifs is 1. The first kappa shape index (κ1) is 17.0. The number of amides is 2. The molecule has 1 aliphatic heterocycles. The highest BCUT2D eigenvalue weighted by Crippen LogP contribution is 2.39. The summed E-state index contributed by atoms with van der Waals surface area (Å²) in [4.78, 5) is 38.9. The second-order valence-corrected chi connectivity index (χ2v) is 6.58. The van der Waals surface area contributed by atoms with Crippen LogP contribution in [-0.4, -0.2) is 17.8 Å². The van der Waals surface area contributed by atoms with Gasteiger partial charge in [-0.05, 0) is 31.9 Å². The summed E-state index contributed by atoms with van der Waals surface area (Å²) in [5.41, 5.74) is 1.90. The van der Waals surface area contributed by atoms with Gasteiger partial charge in [0, 0.05) is 27.5 Å². The number of nitrogens with zero attached hydrogens (tertiary/aromatic N) is 1. The average Bonchev–Trinajstić information content (AvgIpc) is 2.93. The number of rotatable bonds is 3. The molecule has 0 spiro atoms. The summed E-state index contributed by atoms with van der Waals surface area (Å²) in [5, 5.41) is 1.31. The Hall–Kier alpha value is -3.47. The average molecular weight is 359 g/mol. The molecule has 2 aromatic rings. The molecule has 2 aliphatic rings. The fraction of sp³-hybridized carbons (Fsp3) is 0.136. The molecule has 2 amide bonds. The SMILES string of the molecule is C=C(C)C(=O)Oc1ccc(N2C(=O)C3=C(CC=CC3)C2=O)c2ccccc12. The Bertz CT molecular complexity index is 1060. The number of anilines is 1. The van der Waals surface area contributed by atoms with Crippen molar-refractivity contribution in [3.63, 3.8) is 0 Å². The summed E-state index contributed by atoms with van der Waals surface area (Å²) in [6, 6.07) is 10.5. The summed E-state index contributed by atoms with van der Waals surface area (Å²) in [5.74, 6) is -0.724. The van der Waals surface area contributed by atoms with E-state index in [0.29, 0.717) is 46.2 Å². The van der Waals surface area contributed by atoms with Crippen molar-refractivity contribution in [2.24, 2.45) is 0 Å². The van der Waals surface area contributed by atoms with Crippen LogP contribution in [-0.2, 0) is 14.4 Å². The van der Waals surface area contributed by atoms with Crippen molar-refractivity contribution in [1.29, 1.82) is 0 Å². The Morgan fingerprint density at radius 2 is 1.56 bits per heavy atom. The van der Waals surface area contributed by atoms with Crippen LogP contribution in [0.1, 0.15) is 19.8 Å². The highest BCUT2D eigenvalue weighted by molar-refractivity contribution is 6.35. The minimum atomic E-state index is -0.524. The molecule has 1 heterocycles. The van der Waals surface area contributed by atoms with Gasteiger partial charge in [-0.1, -0.05) is 43.0 Å². The summed E-state index contributed by atoms with van der Waals surface area (Å²) in [7, 11) is 0. The lowest BCUT2D eigenvalue weighted by Crippen LogP contribution is -2.31. The topological polar surface area (TPSA) is 63.7 Å². The van der Waals surface area contributed by atoms with E-state index in [9.17, 15) is 14.4 Å². The zero-order valence-corrected chi connectivity index (χ0v) is 14.8. The molecule has 0 fully saturated rings. The predicted molar refractivity (Wildman–Crippen MR) is 102 cm³/mol. The number of ether oxygens (including phenoxy) is 1. The van der Waals surface area contributed by atoms with E-state index in [2.05, 4.69) is 6.58 Å². The molecule has 0 radical (unpaired) electrons. The highest BCUT2D eigenvalue weighted by Gasteiger charge is 2.39. The van der Waals surface area contributed by atoms with Crippen LogP contribution in [0.5, 0.6) is 5.75 Å². The van der Waals surface area contributed by atoms with E-state index < -0.39 is 5.97 Å². The smallest absolute Gasteiger partial charge is 0.338 e. The van der Waals surface area contributed by atoms with Gasteiger partial charge in [0.05, 0.1) is 5.69 Å². The molecule has 4 rings (SSSR count). The van der Waals surface area contributed by atoms with Gasteiger partial charge < -0.3 is 4.74 Å². The minimum absolute atomic E-state index is 0.281. The largest absolute Gasteiger partial charge is 0.423 e. The van der Waals surface area contributed by atoms with E-state index in [1.807, 2.05) is 24.3 Å². The maximum absolute atomic E-state index is 12.9. The third-order valence-electron chi connectivity index (χ3n) is 4.75. The number of carbonyl (C=O) groups excluding carboxylic acids is 3. The first-order valence-electron chi connectivity index (χ1n) is 8.64. The van der Waals surface area contributed by atoms with Gasteiger partial charge in [-0.25, -0.2) is 9.69 Å². The third-order valence-corrected chi connectivity index (χ3v) is 4.75. The molecular formula is C22H17NO4. The molecule has 0 saturated heterocycles. The Kier molecular flexibility index (Phi) is 4.00. The highest BCUT2D eigenvalue weighted by atomic mass is 16.5. The molecular weight excluding hydrogens is 342 g/mol. The third kappa shape index (κ3) is 2.68. The molecule has 0 aromatic heterocycles. The molecule has 0 bridgehead atoms. The standard InChI is InChI=1S/C22H17NO4/c1-13(2)22(26)27-19-12-11-18(14-7-3-4-8-15(14)19)23-20(24)16-9-5-6-10-17(16)21(23)25/h3-8,11-12H,1,9-10H2,2H3. The Labute approximate surface area is 156 Å². The molecule has 134 valence electrons. The maximum atomic E-state index is 12.9. The molecule has 5 nitrogen and oxygen atoms in total. The van der Waals surface area contributed by atoms with E-state index in [4.69, 9.17) is 4.74 Å². The van der Waals surface area contributed by atoms with Gasteiger partial charge in [0.1, 0.15) is 5.75 Å². The van der Waals surface area contributed by atoms with Crippen molar-refractivity contribution < 1.29 is 19.1 Å². The number of benzene rings is 2. The van der Waals surface area contributed by atoms with Crippen molar-refractivity contribution >= 4 is 34.2 Å². The van der Waals surface area contributed by atoms with Crippen LogP contribution in [0.3, 0.4) is 0 Å². The van der Waals surface area contributed by atoms with Crippen molar-refractivity contribution in [2.45, 2.75) is 19.8 Å². The zero-order chi connectivity index (χ0) is 19.1. The summed E-state index contributed by atoms with van der Waals surface area (Å²) in [6.07, 6.45) is 4.77. The van der Waals surface area contributed by atoms with Crippen LogP contribution >= 0.6 is 0 Å². The number of hydrogen-bond donors (Lipinski definition) is 0. The maximum Gasteiger partial charge on any atom is 0.338 e. The molecule has 2 aromatic carbocycles. The second kappa shape index (κ2) is 6.36. The van der Waals surface area contributed by atoms with Gasteiger partial charge >= 0.3 is 5.97 Å². The lowest BCUT2D eigenvalue weighted by molar-refractivity contribution is -0.130. The summed E-state index contributed by atoms with van der Waals surface area (Å²) < 4.78 is 5.41. The van der Waals surface area contributed by atoms with Crippen LogP contribution < -0.4 is 9.64 Å². The van der Waals surface area contributed by atoms with Crippen molar-refractivity contribution in [3.8, 4) is 5.75 Å². The quantitative estimate of drug-likeness (QED) is 0.275. The number of carbonyl (C=O) groups is 3. The monoisotopic (exact) mass is 359 g/mol. The van der Waals surface area contributed by atoms with Crippen LogP contribution in [0.25, 0.3) is 10.8 Å². The van der Waals surface area contributed by atoms with Crippen LogP contribution in [0.15, 0.2) is 71.8 Å². The fourth-order valence-corrected chi connectivity index (χ4v) is 3.39. The Morgan fingerprint density at radius 1 is 0.963 bits per heavy atom. The van der Waals surface area contributed by atoms with Crippen molar-refractivity contribution in [1.82, 2.24) is 0 Å². The zero-order valence-electron chi connectivity index (χ0n) is 14.8. The van der Waals surface area contributed by atoms with Gasteiger partial charge in [-0.2, -0.15) is 0 Å². The van der Waals surface area contributed by atoms with Crippen LogP contribution in [0.4, 0.5) is 5.69 Å². The van der Waals surface area contributed by atoms with Gasteiger partial charge in [0.2, 0.25) is 0 Å². The number of allylic oxidation sites excluding steroid dienone is 2. The van der Waals surface area contributed by atoms with E-state index in [1.54, 1.807) is 31.2 Å². The Morgan fingerprint density at radius 3 is 2.15 bits per heavy atom. The predicted octanol–water partition coefficient (Wildman–Crippen LogP) is 3.84. The molecule has 27 heavy (non-hydrogen) atoms. The van der Waals surface area contributed by atoms with Crippen molar-refractivity contribution in [3.05, 3.63) is 71.8 Å². The molecule has 0 unspecified atom stereocenters. The van der Waals surface area contributed by atoms with E-state index in [-0.39, 0.29) is 17.4 Å². The van der Waals surface area contributed by atoms with E-state index in [0.717, 1.165) is 0 Å². The lowest BCUT2D eigenvalue weighted by Gasteiger charge is -2.19. The van der Waals surface area contributed by atoms with Gasteiger partial charge in [-0.3, -0.25) is 9.59 Å². The molecule has 0 N–H and O–H groups in total. The molecule has 5 heteroatoms. The van der Waals surface area contributed by atoms with Gasteiger partial charge in [-0.15, -0.1) is 0 Å². The van der Waals surface area contributed by atoms with E-state index in [1.165, 1.54) is 4.90 Å². The fourth-order valence-electron chi connectivity index (χ4n) is 3.39. The first-order valence-corrected chi connectivity index (χ1v) is 8.64. The summed E-state index contributed by atoms with van der Waals surface area (Å²) in [6.45, 7) is 5.16. The molecule has 1 aliphatic carbocycles. The number of esters is 1. The molecule has 0 atom stereocenters. The van der Waals surface area contributed by atoms with Crippen molar-refractivity contribution in [2.75, 3.05) is 4.90 Å². The minimum Gasteiger partial charge on any atom is -0.423 e. The van der Waals surface area contributed by atoms with Gasteiger partial charge in [0.15, 0.2) is 0 Å². The Balaban J connectivity index is 1.80. The van der Waals surface area contributed by atoms with Gasteiger partial charge in [0.25, 0.3) is 11.8 Å². The molecule has 0 saturated carbocycles. The van der Waals surface area contributed by atoms with Crippen LogP contribution in [0.2, 0.25) is 0 Å². The lowest BCUT2D eigenvalue weighted by atomic mass is 9.99. The second-order valence-electron chi connectivity index (χ2n) is 6.58. The number of hydrogen-bond acceptors (Lipinski definition) is 4.